The van der Waals surface area contributed by atoms with Crippen molar-refractivity contribution in [2.24, 2.45) is 11.8 Å². The Morgan fingerprint density at radius 1 is 1.15 bits per heavy atom. The van der Waals surface area contributed by atoms with E-state index in [1.807, 2.05) is 4.57 Å². The average molecular weight is 591 g/mol. The zero-order valence-electron chi connectivity index (χ0n) is 22.9. The summed E-state index contributed by atoms with van der Waals surface area (Å²) in [6, 6.07) is 3.07. The Kier molecular flexibility index (Phi) is 7.36. The van der Waals surface area contributed by atoms with Crippen molar-refractivity contribution < 1.29 is 18.3 Å². The maximum absolute atomic E-state index is 13.2. The number of nitrogens with two attached hydrogens (primary N) is 1. The molecular formula is C28H34ClF3N8O. The molecule has 0 bridgehead atoms. The van der Waals surface area contributed by atoms with Crippen LogP contribution in [0.5, 0.6) is 0 Å². The minimum atomic E-state index is -4.51. The molecule has 9 nitrogen and oxygen atoms in total. The third-order valence-electron chi connectivity index (χ3n) is 8.86. The van der Waals surface area contributed by atoms with Gasteiger partial charge < -0.3 is 20.4 Å². The Labute approximate surface area is 240 Å². The molecule has 220 valence electrons. The maximum atomic E-state index is 13.2. The van der Waals surface area contributed by atoms with Gasteiger partial charge in [-0.15, -0.1) is 0 Å². The fraction of sp³-hybridized carbons (Fsp3) is 0.571. The number of H-pyrrole nitrogens is 1. The molecular weight excluding hydrogens is 557 g/mol. The molecule has 2 aliphatic carbocycles. The second-order valence-electron chi connectivity index (χ2n) is 11.9. The number of halogens is 4. The Bertz CT molecular complexity index is 1550. The number of aliphatic hydroxyl groups is 1. The summed E-state index contributed by atoms with van der Waals surface area (Å²) in [7, 11) is 0. The number of aryl methyl sites for hydroxylation is 1. The highest BCUT2D eigenvalue weighted by Crippen LogP contribution is 2.41. The predicted molar refractivity (Wildman–Crippen MR) is 150 cm³/mol. The lowest BCUT2D eigenvalue weighted by Crippen LogP contribution is -2.49. The molecule has 0 spiro atoms. The molecule has 0 radical (unpaired) electrons. The van der Waals surface area contributed by atoms with Crippen molar-refractivity contribution >= 4 is 39.6 Å². The van der Waals surface area contributed by atoms with E-state index in [-0.39, 0.29) is 11.1 Å². The summed E-state index contributed by atoms with van der Waals surface area (Å²) in [6.45, 7) is 5.35. The van der Waals surface area contributed by atoms with Gasteiger partial charge in [-0.2, -0.15) is 13.2 Å². The molecule has 2 saturated carbocycles. The summed E-state index contributed by atoms with van der Waals surface area (Å²) in [6.07, 6.45) is 3.44. The first kappa shape index (κ1) is 28.2. The van der Waals surface area contributed by atoms with E-state index in [4.69, 9.17) is 17.3 Å². The molecule has 1 aromatic carbocycles. The number of anilines is 1. The van der Waals surface area contributed by atoms with E-state index < -0.39 is 17.8 Å². The molecule has 2 aliphatic rings. The van der Waals surface area contributed by atoms with E-state index in [2.05, 4.69) is 43.7 Å². The van der Waals surface area contributed by atoms with Crippen molar-refractivity contribution in [3.05, 3.63) is 41.2 Å². The number of aliphatic hydroxyl groups excluding tert-OH is 1. The van der Waals surface area contributed by atoms with Gasteiger partial charge in [-0.05, 0) is 69.9 Å². The third-order valence-corrected chi connectivity index (χ3v) is 9.18. The molecule has 6 rings (SSSR count). The van der Waals surface area contributed by atoms with Gasteiger partial charge in [0.15, 0.2) is 11.5 Å². The summed E-state index contributed by atoms with van der Waals surface area (Å²) < 4.78 is 41.5. The van der Waals surface area contributed by atoms with Gasteiger partial charge >= 0.3 is 6.18 Å². The monoisotopic (exact) mass is 590 g/mol. The lowest BCUT2D eigenvalue weighted by atomic mass is 9.76. The zero-order chi connectivity index (χ0) is 29.1. The van der Waals surface area contributed by atoms with Gasteiger partial charge in [0.25, 0.3) is 0 Å². The highest BCUT2D eigenvalue weighted by atomic mass is 35.5. The van der Waals surface area contributed by atoms with Crippen molar-refractivity contribution in [2.45, 2.75) is 82.8 Å². The van der Waals surface area contributed by atoms with Crippen LogP contribution in [0.3, 0.4) is 0 Å². The SMILES string of the molecule is CC(C)N(C[C@@H]1C[C@@H](O)[C@H](n2cnc3c(N)ncnc32)C1)C1CC(CCc2nc3cc(Cl)c(C(F)(F)F)cc3[nH]2)C1. The molecule has 3 atom stereocenters. The smallest absolute Gasteiger partial charge is 0.391 e. The van der Waals surface area contributed by atoms with Crippen LogP contribution in [-0.4, -0.2) is 64.2 Å². The molecule has 0 aliphatic heterocycles. The van der Waals surface area contributed by atoms with Gasteiger partial charge in [0.05, 0.1) is 40.1 Å². The van der Waals surface area contributed by atoms with Crippen LogP contribution in [-0.2, 0) is 12.6 Å². The highest BCUT2D eigenvalue weighted by Gasteiger charge is 2.40. The predicted octanol–water partition coefficient (Wildman–Crippen LogP) is 5.39. The number of nitrogens with zero attached hydrogens (tertiary/aromatic N) is 6. The van der Waals surface area contributed by atoms with Crippen LogP contribution in [0.25, 0.3) is 22.2 Å². The van der Waals surface area contributed by atoms with E-state index >= 15 is 0 Å². The first-order valence-electron chi connectivity index (χ1n) is 14.1. The van der Waals surface area contributed by atoms with Gasteiger partial charge in [-0.1, -0.05) is 11.6 Å². The Balaban J connectivity index is 1.04. The van der Waals surface area contributed by atoms with Gasteiger partial charge in [0.1, 0.15) is 17.7 Å². The molecule has 4 N–H and O–H groups in total. The molecule has 0 saturated heterocycles. The number of aromatic nitrogens is 6. The molecule has 2 fully saturated rings. The van der Waals surface area contributed by atoms with E-state index in [0.717, 1.165) is 44.7 Å². The Morgan fingerprint density at radius 2 is 1.93 bits per heavy atom. The largest absolute Gasteiger partial charge is 0.417 e. The molecule has 0 amide bonds. The molecule has 0 unspecified atom stereocenters. The number of benzene rings is 1. The Morgan fingerprint density at radius 3 is 2.66 bits per heavy atom. The van der Waals surface area contributed by atoms with Gasteiger partial charge in [-0.25, -0.2) is 19.9 Å². The molecule has 3 aromatic heterocycles. The van der Waals surface area contributed by atoms with Gasteiger partial charge in [-0.3, -0.25) is 4.90 Å². The fourth-order valence-corrected chi connectivity index (χ4v) is 6.97. The average Bonchev–Trinajstić information content (AvgIpc) is 3.57. The molecule has 3 heterocycles. The quantitative estimate of drug-likeness (QED) is 0.251. The van der Waals surface area contributed by atoms with Crippen LogP contribution >= 0.6 is 11.6 Å². The van der Waals surface area contributed by atoms with Crippen molar-refractivity contribution in [3.63, 3.8) is 0 Å². The lowest BCUT2D eigenvalue weighted by molar-refractivity contribution is -0.137. The van der Waals surface area contributed by atoms with Gasteiger partial charge in [0, 0.05) is 25.0 Å². The number of alkyl halides is 3. The Hall–Kier alpha value is -2.96. The van der Waals surface area contributed by atoms with Crippen molar-refractivity contribution in [2.75, 3.05) is 12.3 Å². The maximum Gasteiger partial charge on any atom is 0.417 e. The van der Waals surface area contributed by atoms with Gasteiger partial charge in [0.2, 0.25) is 0 Å². The summed E-state index contributed by atoms with van der Waals surface area (Å²) >= 11 is 5.85. The molecule has 13 heteroatoms. The van der Waals surface area contributed by atoms with E-state index in [1.54, 1.807) is 6.33 Å². The second kappa shape index (κ2) is 10.7. The summed E-state index contributed by atoms with van der Waals surface area (Å²) in [4.78, 5) is 22.8. The van der Waals surface area contributed by atoms with E-state index in [1.165, 1.54) is 12.4 Å². The number of nitrogen functional groups attached to an aromatic ring is 1. The van der Waals surface area contributed by atoms with Crippen molar-refractivity contribution in [3.8, 4) is 0 Å². The lowest BCUT2D eigenvalue weighted by Gasteiger charge is -2.46. The van der Waals surface area contributed by atoms with Crippen LogP contribution < -0.4 is 5.73 Å². The normalized spacial score (nSPS) is 25.1. The number of hydrogen-bond acceptors (Lipinski definition) is 7. The first-order chi connectivity index (χ1) is 19.5. The first-order valence-corrected chi connectivity index (χ1v) is 14.5. The fourth-order valence-electron chi connectivity index (χ4n) is 6.70. The van der Waals surface area contributed by atoms with Crippen LogP contribution in [0.1, 0.15) is 63.4 Å². The van der Waals surface area contributed by atoms with E-state index in [9.17, 15) is 18.3 Å². The van der Waals surface area contributed by atoms with Crippen LogP contribution in [0.4, 0.5) is 19.0 Å². The van der Waals surface area contributed by atoms with E-state index in [0.29, 0.717) is 64.2 Å². The molecule has 4 aromatic rings. The third kappa shape index (κ3) is 5.49. The van der Waals surface area contributed by atoms with Crippen LogP contribution in [0.2, 0.25) is 5.02 Å². The molecule has 41 heavy (non-hydrogen) atoms. The number of fused-ring (bicyclic) bond motifs is 2. The summed E-state index contributed by atoms with van der Waals surface area (Å²) in [5, 5.41) is 10.6. The second-order valence-corrected chi connectivity index (χ2v) is 12.3. The minimum Gasteiger partial charge on any atom is -0.391 e. The summed E-state index contributed by atoms with van der Waals surface area (Å²) in [5.74, 6) is 1.90. The van der Waals surface area contributed by atoms with Crippen molar-refractivity contribution in [1.29, 1.82) is 0 Å². The zero-order valence-corrected chi connectivity index (χ0v) is 23.7. The minimum absolute atomic E-state index is 0.103. The van der Waals surface area contributed by atoms with Crippen LogP contribution in [0.15, 0.2) is 24.8 Å². The highest BCUT2D eigenvalue weighted by molar-refractivity contribution is 6.32. The number of aromatic amines is 1. The van der Waals surface area contributed by atoms with Crippen LogP contribution in [0, 0.1) is 11.8 Å². The topological polar surface area (TPSA) is 122 Å². The number of hydrogen-bond donors (Lipinski definition) is 3. The number of nitrogens with one attached hydrogen (secondary N) is 1. The van der Waals surface area contributed by atoms with Crippen molar-refractivity contribution in [1.82, 2.24) is 34.4 Å². The number of rotatable bonds is 8. The number of imidazole rings is 2. The summed E-state index contributed by atoms with van der Waals surface area (Å²) in [5.41, 5.74) is 7.11. The standard InChI is InChI=1S/C28H34ClF3N8O/c1-14(2)39(11-16-7-22(23(41)8-16)40-13-36-25-26(33)34-12-35-27(25)40)17-5-15(6-17)3-4-24-37-20-9-18(28(30,31)32)19(29)10-21(20)38-24/h9-10,12-17,22-23,41H,3-8,11H2,1-2H3,(H,37,38)(H2,33,34,35)/t15?,16-,17?,22+,23+/m0/s1.